The average molecular weight is 815 g/mol. The number of fused-ring (bicyclic) bond motifs is 1. The lowest BCUT2D eigenvalue weighted by Crippen LogP contribution is -2.21. The van der Waals surface area contributed by atoms with E-state index in [0.717, 1.165) is 51.8 Å². The molecule has 0 aliphatic heterocycles. The second-order valence-electron chi connectivity index (χ2n) is 10.3. The van der Waals surface area contributed by atoms with E-state index in [1.807, 2.05) is 74.5 Å². The van der Waals surface area contributed by atoms with Gasteiger partial charge in [0.1, 0.15) is 18.1 Å². The van der Waals surface area contributed by atoms with Crippen molar-refractivity contribution in [1.82, 2.24) is 9.66 Å². The van der Waals surface area contributed by atoms with Crippen molar-refractivity contribution in [1.29, 1.82) is 0 Å². The Hall–Kier alpha value is -3.02. The molecule has 6 nitrogen and oxygen atoms in total. The van der Waals surface area contributed by atoms with Gasteiger partial charge in [0.15, 0.2) is 5.82 Å². The van der Waals surface area contributed by atoms with Gasteiger partial charge in [-0.3, -0.25) is 4.79 Å². The first-order chi connectivity index (χ1) is 20.7. The SMILES string of the molecule is CCOc1cc(C)c(-c2nc3ccccc3c(=O)n2N=Cc2ccc(OCc3ccc(Br)cc3Br)c(I)c2)cc1C(C)C. The summed E-state index contributed by atoms with van der Waals surface area (Å²) < 4.78 is 16.4. The number of hydrogen-bond acceptors (Lipinski definition) is 5. The van der Waals surface area contributed by atoms with E-state index in [4.69, 9.17) is 19.6 Å². The second kappa shape index (κ2) is 13.7. The van der Waals surface area contributed by atoms with E-state index in [-0.39, 0.29) is 11.5 Å². The molecular formula is C34H30Br2IN3O3. The Balaban J connectivity index is 1.53. The molecule has 1 heterocycles. The number of halogens is 3. The molecule has 0 atom stereocenters. The van der Waals surface area contributed by atoms with E-state index in [2.05, 4.69) is 74.4 Å². The third-order valence-electron chi connectivity index (χ3n) is 6.95. The van der Waals surface area contributed by atoms with Crippen molar-refractivity contribution in [3.63, 3.8) is 0 Å². The molecule has 0 saturated carbocycles. The van der Waals surface area contributed by atoms with Gasteiger partial charge in [-0.25, -0.2) is 4.98 Å². The highest BCUT2D eigenvalue weighted by atomic mass is 127. The van der Waals surface area contributed by atoms with Crippen LogP contribution < -0.4 is 15.0 Å². The number of aromatic nitrogens is 2. The maximum absolute atomic E-state index is 13.8. The zero-order chi connectivity index (χ0) is 30.7. The predicted molar refractivity (Wildman–Crippen MR) is 190 cm³/mol. The third kappa shape index (κ3) is 7.05. The molecule has 0 spiro atoms. The number of hydrogen-bond donors (Lipinski definition) is 0. The molecule has 5 aromatic rings. The topological polar surface area (TPSA) is 65.7 Å². The summed E-state index contributed by atoms with van der Waals surface area (Å²) in [6.45, 7) is 9.24. The van der Waals surface area contributed by atoms with Gasteiger partial charge in [0.25, 0.3) is 5.56 Å². The number of benzene rings is 4. The van der Waals surface area contributed by atoms with Gasteiger partial charge in [0.05, 0.1) is 27.3 Å². The molecule has 4 aromatic carbocycles. The number of ether oxygens (including phenoxy) is 2. The van der Waals surface area contributed by atoms with Gasteiger partial charge in [0.2, 0.25) is 0 Å². The number of rotatable bonds is 9. The molecular weight excluding hydrogens is 785 g/mol. The lowest BCUT2D eigenvalue weighted by atomic mass is 9.96. The van der Waals surface area contributed by atoms with Crippen LogP contribution in [0.3, 0.4) is 0 Å². The van der Waals surface area contributed by atoms with Crippen LogP contribution in [0.25, 0.3) is 22.3 Å². The van der Waals surface area contributed by atoms with Crippen molar-refractivity contribution >= 4 is 71.6 Å². The van der Waals surface area contributed by atoms with Gasteiger partial charge in [-0.1, -0.05) is 63.9 Å². The smallest absolute Gasteiger partial charge is 0.282 e. The van der Waals surface area contributed by atoms with Gasteiger partial charge in [0, 0.05) is 20.1 Å². The maximum Gasteiger partial charge on any atom is 0.282 e. The molecule has 43 heavy (non-hydrogen) atoms. The van der Waals surface area contributed by atoms with Crippen LogP contribution in [0.2, 0.25) is 0 Å². The Labute approximate surface area is 281 Å². The summed E-state index contributed by atoms with van der Waals surface area (Å²) >= 11 is 9.33. The molecule has 0 fully saturated rings. The van der Waals surface area contributed by atoms with Gasteiger partial charge in [-0.2, -0.15) is 9.78 Å². The van der Waals surface area contributed by atoms with Crippen LogP contribution in [0.4, 0.5) is 0 Å². The van der Waals surface area contributed by atoms with Crippen molar-refractivity contribution in [3.05, 3.63) is 118 Å². The summed E-state index contributed by atoms with van der Waals surface area (Å²) in [5.74, 6) is 2.32. The number of para-hydroxylation sites is 1. The van der Waals surface area contributed by atoms with Crippen LogP contribution >= 0.6 is 54.5 Å². The fourth-order valence-electron chi connectivity index (χ4n) is 4.71. The van der Waals surface area contributed by atoms with Gasteiger partial charge in [-0.15, -0.1) is 0 Å². The highest BCUT2D eigenvalue weighted by Gasteiger charge is 2.18. The Bertz CT molecular complexity index is 1900. The molecule has 0 aliphatic rings. The quantitative estimate of drug-likeness (QED) is 0.110. The van der Waals surface area contributed by atoms with Gasteiger partial charge in [-0.05, 0) is 114 Å². The molecule has 220 valence electrons. The first-order valence-electron chi connectivity index (χ1n) is 13.9. The molecule has 0 N–H and O–H groups in total. The maximum atomic E-state index is 13.8. The molecule has 0 amide bonds. The van der Waals surface area contributed by atoms with E-state index < -0.39 is 0 Å². The summed E-state index contributed by atoms with van der Waals surface area (Å²) in [6, 6.07) is 23.3. The monoisotopic (exact) mass is 813 g/mol. The van der Waals surface area contributed by atoms with Crippen molar-refractivity contribution in [2.75, 3.05) is 6.61 Å². The molecule has 1 aromatic heterocycles. The van der Waals surface area contributed by atoms with E-state index in [9.17, 15) is 4.79 Å². The first-order valence-corrected chi connectivity index (χ1v) is 16.5. The highest BCUT2D eigenvalue weighted by molar-refractivity contribution is 14.1. The molecule has 0 unspecified atom stereocenters. The Morgan fingerprint density at radius 1 is 1.00 bits per heavy atom. The molecule has 0 aliphatic carbocycles. The largest absolute Gasteiger partial charge is 0.494 e. The summed E-state index contributed by atoms with van der Waals surface area (Å²) in [4.78, 5) is 18.7. The van der Waals surface area contributed by atoms with Crippen LogP contribution in [0.15, 0.2) is 91.6 Å². The summed E-state index contributed by atoms with van der Waals surface area (Å²) in [5, 5.41) is 5.20. The molecule has 5 rings (SSSR count). The minimum atomic E-state index is -0.231. The first kappa shape index (κ1) is 31.4. The highest BCUT2D eigenvalue weighted by Crippen LogP contribution is 2.34. The number of nitrogens with zero attached hydrogens (tertiary/aromatic N) is 3. The van der Waals surface area contributed by atoms with E-state index in [1.165, 1.54) is 4.68 Å². The average Bonchev–Trinajstić information content (AvgIpc) is 2.97. The molecule has 9 heteroatoms. The minimum absolute atomic E-state index is 0.220. The predicted octanol–water partition coefficient (Wildman–Crippen LogP) is 9.48. The zero-order valence-electron chi connectivity index (χ0n) is 24.2. The van der Waals surface area contributed by atoms with E-state index >= 15 is 0 Å². The molecule has 0 radical (unpaired) electrons. The fraction of sp³-hybridized carbons (Fsp3) is 0.206. The lowest BCUT2D eigenvalue weighted by molar-refractivity contribution is 0.303. The van der Waals surface area contributed by atoms with Crippen LogP contribution in [-0.4, -0.2) is 22.5 Å². The normalized spacial score (nSPS) is 11.5. The van der Waals surface area contributed by atoms with Gasteiger partial charge >= 0.3 is 0 Å². The van der Waals surface area contributed by atoms with Crippen LogP contribution in [-0.2, 0) is 6.61 Å². The number of aryl methyl sites for hydroxylation is 1. The Morgan fingerprint density at radius 3 is 2.51 bits per heavy atom. The lowest BCUT2D eigenvalue weighted by Gasteiger charge is -2.18. The van der Waals surface area contributed by atoms with E-state index in [0.29, 0.717) is 29.9 Å². The Kier molecular flexibility index (Phi) is 10.0. The van der Waals surface area contributed by atoms with Crippen LogP contribution in [0.1, 0.15) is 48.9 Å². The molecule has 0 saturated heterocycles. The standard InChI is InChI=1S/C34H30Br2IN3O3/c1-5-42-32-14-21(4)27(17-26(32)20(2)3)33-39-30-9-7-6-8-25(30)34(41)40(33)38-18-22-10-13-31(29(37)15-22)43-19-23-11-12-24(35)16-28(23)36/h6-18,20H,5,19H2,1-4H3. The summed E-state index contributed by atoms with van der Waals surface area (Å²) in [6.07, 6.45) is 1.69. The fourth-order valence-corrected chi connectivity index (χ4v) is 6.57. The van der Waals surface area contributed by atoms with Crippen LogP contribution in [0, 0.1) is 10.5 Å². The third-order valence-corrected chi connectivity index (χ3v) is 9.02. The zero-order valence-corrected chi connectivity index (χ0v) is 29.5. The van der Waals surface area contributed by atoms with Crippen LogP contribution in [0.5, 0.6) is 11.5 Å². The van der Waals surface area contributed by atoms with Crippen molar-refractivity contribution < 1.29 is 9.47 Å². The van der Waals surface area contributed by atoms with Gasteiger partial charge < -0.3 is 9.47 Å². The van der Waals surface area contributed by atoms with E-state index in [1.54, 1.807) is 12.3 Å². The summed E-state index contributed by atoms with van der Waals surface area (Å²) in [5.41, 5.74) is 5.12. The molecule has 0 bridgehead atoms. The van der Waals surface area contributed by atoms with Crippen molar-refractivity contribution in [3.8, 4) is 22.9 Å². The van der Waals surface area contributed by atoms with Crippen molar-refractivity contribution in [2.45, 2.75) is 40.2 Å². The van der Waals surface area contributed by atoms with Crippen molar-refractivity contribution in [2.24, 2.45) is 5.10 Å². The minimum Gasteiger partial charge on any atom is -0.494 e. The summed E-state index contributed by atoms with van der Waals surface area (Å²) in [7, 11) is 0. The Morgan fingerprint density at radius 2 is 1.79 bits per heavy atom. The second-order valence-corrected chi connectivity index (χ2v) is 13.3.